The van der Waals surface area contributed by atoms with Crippen molar-refractivity contribution in [3.63, 3.8) is 0 Å². The highest BCUT2D eigenvalue weighted by Gasteiger charge is 2.07. The van der Waals surface area contributed by atoms with Crippen LogP contribution >= 0.6 is 0 Å². The SMILES string of the molecule is COc1cccc(/C=C/C(=O)c2ccc(N)cc2)c1OC. The van der Waals surface area contributed by atoms with Gasteiger partial charge in [-0.25, -0.2) is 0 Å². The Morgan fingerprint density at radius 3 is 2.38 bits per heavy atom. The molecule has 4 heteroatoms. The van der Waals surface area contributed by atoms with Crippen molar-refractivity contribution in [2.45, 2.75) is 0 Å². The molecule has 0 atom stereocenters. The molecule has 0 amide bonds. The first-order valence-corrected chi connectivity index (χ1v) is 6.44. The van der Waals surface area contributed by atoms with Crippen LogP contribution in [-0.4, -0.2) is 20.0 Å². The molecule has 0 aliphatic heterocycles. The minimum atomic E-state index is -0.0973. The van der Waals surface area contributed by atoms with Crippen LogP contribution < -0.4 is 15.2 Å². The maximum atomic E-state index is 12.1. The van der Waals surface area contributed by atoms with E-state index in [1.165, 1.54) is 6.08 Å². The predicted molar refractivity (Wildman–Crippen MR) is 83.8 cm³/mol. The Bertz CT molecular complexity index is 660. The van der Waals surface area contributed by atoms with E-state index in [1.807, 2.05) is 12.1 Å². The number of hydrogen-bond acceptors (Lipinski definition) is 4. The standard InChI is InChI=1S/C17H17NO3/c1-20-16-5-3-4-13(17(16)21-2)8-11-15(19)12-6-9-14(18)10-7-12/h3-11H,18H2,1-2H3/b11-8+. The number of para-hydroxylation sites is 1. The van der Waals surface area contributed by atoms with Crippen LogP contribution in [0, 0.1) is 0 Å². The van der Waals surface area contributed by atoms with Gasteiger partial charge < -0.3 is 15.2 Å². The van der Waals surface area contributed by atoms with Crippen LogP contribution in [-0.2, 0) is 0 Å². The first-order chi connectivity index (χ1) is 10.2. The zero-order chi connectivity index (χ0) is 15.2. The third kappa shape index (κ3) is 3.42. The summed E-state index contributed by atoms with van der Waals surface area (Å²) < 4.78 is 10.5. The van der Waals surface area contributed by atoms with E-state index in [1.54, 1.807) is 50.6 Å². The van der Waals surface area contributed by atoms with Gasteiger partial charge in [-0.15, -0.1) is 0 Å². The van der Waals surface area contributed by atoms with Crippen molar-refractivity contribution < 1.29 is 14.3 Å². The smallest absolute Gasteiger partial charge is 0.185 e. The number of carbonyl (C=O) groups is 1. The molecule has 21 heavy (non-hydrogen) atoms. The van der Waals surface area contributed by atoms with Gasteiger partial charge in [0.1, 0.15) is 0 Å². The molecule has 2 N–H and O–H groups in total. The summed E-state index contributed by atoms with van der Waals surface area (Å²) in [4.78, 5) is 12.1. The second kappa shape index (κ2) is 6.61. The van der Waals surface area contributed by atoms with Crippen molar-refractivity contribution in [3.05, 3.63) is 59.7 Å². The first-order valence-electron chi connectivity index (χ1n) is 6.44. The molecule has 0 fully saturated rings. The quantitative estimate of drug-likeness (QED) is 0.520. The second-order valence-corrected chi connectivity index (χ2v) is 4.40. The fourth-order valence-electron chi connectivity index (χ4n) is 1.95. The van der Waals surface area contributed by atoms with E-state index < -0.39 is 0 Å². The third-order valence-electron chi connectivity index (χ3n) is 3.04. The fourth-order valence-corrected chi connectivity index (χ4v) is 1.95. The van der Waals surface area contributed by atoms with E-state index in [2.05, 4.69) is 0 Å². The molecule has 0 aromatic heterocycles. The van der Waals surface area contributed by atoms with Gasteiger partial charge in [0.25, 0.3) is 0 Å². The number of ketones is 1. The molecule has 0 saturated carbocycles. The number of benzene rings is 2. The molecule has 2 aromatic carbocycles. The lowest BCUT2D eigenvalue weighted by Gasteiger charge is -2.09. The Morgan fingerprint density at radius 1 is 1.05 bits per heavy atom. The molecular formula is C17H17NO3. The van der Waals surface area contributed by atoms with Crippen molar-refractivity contribution in [2.75, 3.05) is 20.0 Å². The lowest BCUT2D eigenvalue weighted by Crippen LogP contribution is -1.96. The highest BCUT2D eigenvalue weighted by Crippen LogP contribution is 2.31. The summed E-state index contributed by atoms with van der Waals surface area (Å²) in [7, 11) is 3.14. The van der Waals surface area contributed by atoms with Gasteiger partial charge in [-0.2, -0.15) is 0 Å². The summed E-state index contributed by atoms with van der Waals surface area (Å²) in [6, 6.07) is 12.3. The summed E-state index contributed by atoms with van der Waals surface area (Å²) >= 11 is 0. The number of allylic oxidation sites excluding steroid dienone is 1. The maximum absolute atomic E-state index is 12.1. The summed E-state index contributed by atoms with van der Waals surface area (Å²) in [6.45, 7) is 0. The fraction of sp³-hybridized carbons (Fsp3) is 0.118. The lowest BCUT2D eigenvalue weighted by molar-refractivity contribution is 0.104. The van der Waals surface area contributed by atoms with Crippen LogP contribution in [0.25, 0.3) is 6.08 Å². The number of anilines is 1. The molecule has 0 spiro atoms. The van der Waals surface area contributed by atoms with Crippen LogP contribution in [0.15, 0.2) is 48.5 Å². The average Bonchev–Trinajstić information content (AvgIpc) is 2.52. The Labute approximate surface area is 123 Å². The largest absolute Gasteiger partial charge is 0.493 e. The van der Waals surface area contributed by atoms with Crippen molar-refractivity contribution in [2.24, 2.45) is 0 Å². The molecule has 2 aromatic rings. The highest BCUT2D eigenvalue weighted by atomic mass is 16.5. The van der Waals surface area contributed by atoms with E-state index in [9.17, 15) is 4.79 Å². The molecule has 0 aliphatic carbocycles. The van der Waals surface area contributed by atoms with Crippen molar-refractivity contribution in [1.29, 1.82) is 0 Å². The van der Waals surface area contributed by atoms with Gasteiger partial charge in [-0.3, -0.25) is 4.79 Å². The zero-order valence-corrected chi connectivity index (χ0v) is 12.0. The topological polar surface area (TPSA) is 61.5 Å². The molecule has 4 nitrogen and oxygen atoms in total. The summed E-state index contributed by atoms with van der Waals surface area (Å²) in [5.41, 5.74) is 7.60. The molecule has 0 saturated heterocycles. The number of carbonyl (C=O) groups excluding carboxylic acids is 1. The summed E-state index contributed by atoms with van der Waals surface area (Å²) in [5.74, 6) is 1.13. The van der Waals surface area contributed by atoms with Crippen LogP contribution in [0.1, 0.15) is 15.9 Å². The third-order valence-corrected chi connectivity index (χ3v) is 3.04. The molecule has 108 valence electrons. The van der Waals surface area contributed by atoms with Gasteiger partial charge in [0.15, 0.2) is 17.3 Å². The van der Waals surface area contributed by atoms with E-state index in [0.717, 1.165) is 5.56 Å². The maximum Gasteiger partial charge on any atom is 0.185 e. The lowest BCUT2D eigenvalue weighted by atomic mass is 10.1. The number of hydrogen-bond donors (Lipinski definition) is 1. The second-order valence-electron chi connectivity index (χ2n) is 4.40. The minimum absolute atomic E-state index is 0.0973. The minimum Gasteiger partial charge on any atom is -0.493 e. The van der Waals surface area contributed by atoms with Crippen LogP contribution in [0.2, 0.25) is 0 Å². The van der Waals surface area contributed by atoms with E-state index in [-0.39, 0.29) is 5.78 Å². The summed E-state index contributed by atoms with van der Waals surface area (Å²) in [6.07, 6.45) is 3.21. The van der Waals surface area contributed by atoms with Crippen LogP contribution in [0.4, 0.5) is 5.69 Å². The summed E-state index contributed by atoms with van der Waals surface area (Å²) in [5, 5.41) is 0. The molecule has 2 rings (SSSR count). The van der Waals surface area contributed by atoms with Gasteiger partial charge >= 0.3 is 0 Å². The van der Waals surface area contributed by atoms with Gasteiger partial charge in [-0.05, 0) is 42.5 Å². The van der Waals surface area contributed by atoms with Crippen LogP contribution in [0.5, 0.6) is 11.5 Å². The van der Waals surface area contributed by atoms with E-state index in [4.69, 9.17) is 15.2 Å². The van der Waals surface area contributed by atoms with E-state index >= 15 is 0 Å². The Morgan fingerprint density at radius 2 is 1.76 bits per heavy atom. The number of ether oxygens (including phenoxy) is 2. The van der Waals surface area contributed by atoms with Gasteiger partial charge in [0, 0.05) is 16.8 Å². The normalized spacial score (nSPS) is 10.6. The molecule has 0 bridgehead atoms. The van der Waals surface area contributed by atoms with Gasteiger partial charge in [0.2, 0.25) is 0 Å². The van der Waals surface area contributed by atoms with E-state index in [0.29, 0.717) is 22.7 Å². The number of methoxy groups -OCH3 is 2. The number of nitrogen functional groups attached to an aromatic ring is 1. The van der Waals surface area contributed by atoms with Crippen molar-refractivity contribution in [3.8, 4) is 11.5 Å². The Kier molecular flexibility index (Phi) is 4.61. The highest BCUT2D eigenvalue weighted by molar-refractivity contribution is 6.07. The average molecular weight is 283 g/mol. The number of rotatable bonds is 5. The zero-order valence-electron chi connectivity index (χ0n) is 12.0. The molecule has 0 aliphatic rings. The molecule has 0 unspecified atom stereocenters. The molecule has 0 heterocycles. The molecular weight excluding hydrogens is 266 g/mol. The first kappa shape index (κ1) is 14.7. The van der Waals surface area contributed by atoms with Gasteiger partial charge in [-0.1, -0.05) is 12.1 Å². The number of nitrogens with two attached hydrogens (primary N) is 1. The van der Waals surface area contributed by atoms with Crippen molar-refractivity contribution in [1.82, 2.24) is 0 Å². The van der Waals surface area contributed by atoms with Crippen LogP contribution in [0.3, 0.4) is 0 Å². The predicted octanol–water partition coefficient (Wildman–Crippen LogP) is 3.18. The van der Waals surface area contributed by atoms with Gasteiger partial charge in [0.05, 0.1) is 14.2 Å². The molecule has 0 radical (unpaired) electrons. The monoisotopic (exact) mass is 283 g/mol. The Balaban J connectivity index is 2.25. The Hall–Kier alpha value is -2.75. The van der Waals surface area contributed by atoms with Crippen molar-refractivity contribution >= 4 is 17.5 Å².